The number of rotatable bonds is 7. The Morgan fingerprint density at radius 3 is 2.21 bits per heavy atom. The third-order valence-corrected chi connectivity index (χ3v) is 4.49. The van der Waals surface area contributed by atoms with Gasteiger partial charge in [0.25, 0.3) is 5.91 Å². The summed E-state index contributed by atoms with van der Waals surface area (Å²) in [5.74, 6) is -1.75. The van der Waals surface area contributed by atoms with Crippen LogP contribution >= 0.6 is 0 Å². The van der Waals surface area contributed by atoms with Gasteiger partial charge in [0, 0.05) is 18.4 Å². The lowest BCUT2D eigenvalue weighted by Crippen LogP contribution is -2.17. The van der Waals surface area contributed by atoms with E-state index in [4.69, 9.17) is 15.5 Å². The number of nitrogens with zero attached hydrogens (tertiary/aromatic N) is 1. The number of aromatic carboxylic acids is 1. The summed E-state index contributed by atoms with van der Waals surface area (Å²) in [7, 11) is -3.77. The van der Waals surface area contributed by atoms with E-state index >= 15 is 0 Å². The number of carboxylic acids is 1. The maximum absolute atomic E-state index is 12.1. The molecule has 2 aromatic carbocycles. The van der Waals surface area contributed by atoms with Crippen LogP contribution in [0.15, 0.2) is 65.2 Å². The highest BCUT2D eigenvalue weighted by Gasteiger charge is 2.10. The highest BCUT2D eigenvalue weighted by Crippen LogP contribution is 2.11. The Balaban J connectivity index is 1.98. The maximum Gasteiger partial charge on any atom is 0.335 e. The molecule has 0 saturated heterocycles. The van der Waals surface area contributed by atoms with Crippen molar-refractivity contribution in [2.24, 2.45) is 5.14 Å². The fourth-order valence-electron chi connectivity index (χ4n) is 2.11. The summed E-state index contributed by atoms with van der Waals surface area (Å²) >= 11 is 0. The molecule has 5 N–H and O–H groups in total. The van der Waals surface area contributed by atoms with Gasteiger partial charge in [-0.2, -0.15) is 5.26 Å². The van der Waals surface area contributed by atoms with Crippen molar-refractivity contribution in [3.8, 4) is 6.07 Å². The zero-order valence-electron chi connectivity index (χ0n) is 14.4. The van der Waals surface area contributed by atoms with E-state index in [9.17, 15) is 18.0 Å². The molecule has 0 aliphatic rings. The zero-order valence-corrected chi connectivity index (χ0v) is 15.2. The monoisotopic (exact) mass is 400 g/mol. The third-order valence-electron chi connectivity index (χ3n) is 3.56. The maximum atomic E-state index is 12.1. The summed E-state index contributed by atoms with van der Waals surface area (Å²) in [6.45, 7) is 0.247. The number of primary sulfonamides is 1. The van der Waals surface area contributed by atoms with Crippen molar-refractivity contribution in [3.63, 3.8) is 0 Å². The first-order valence-corrected chi connectivity index (χ1v) is 9.35. The predicted octanol–water partition coefficient (Wildman–Crippen LogP) is 1.17. The summed E-state index contributed by atoms with van der Waals surface area (Å²) in [6, 6.07) is 13.1. The molecule has 0 bridgehead atoms. The topological polar surface area (TPSA) is 162 Å². The Labute approximate surface area is 161 Å². The van der Waals surface area contributed by atoms with Crippen LogP contribution in [0.2, 0.25) is 0 Å². The number of nitrogens with two attached hydrogens (primary N) is 1. The molecule has 2 rings (SSSR count). The van der Waals surface area contributed by atoms with E-state index in [0.29, 0.717) is 11.3 Å². The molecule has 0 radical (unpaired) electrons. The van der Waals surface area contributed by atoms with Gasteiger partial charge < -0.3 is 15.7 Å². The first-order valence-electron chi connectivity index (χ1n) is 7.81. The SMILES string of the molecule is N#C/C(=C/NCc1ccc(S(N)(=O)=O)cc1)C(=O)Nc1ccc(C(=O)O)cc1. The number of amides is 1. The highest BCUT2D eigenvalue weighted by atomic mass is 32.2. The van der Waals surface area contributed by atoms with Gasteiger partial charge in [0.1, 0.15) is 11.6 Å². The van der Waals surface area contributed by atoms with Crippen molar-refractivity contribution in [1.29, 1.82) is 5.26 Å². The lowest BCUT2D eigenvalue weighted by molar-refractivity contribution is -0.112. The second-order valence-electron chi connectivity index (χ2n) is 5.58. The Hall–Kier alpha value is -3.68. The molecule has 0 aliphatic heterocycles. The van der Waals surface area contributed by atoms with Crippen LogP contribution in [0.5, 0.6) is 0 Å². The van der Waals surface area contributed by atoms with Gasteiger partial charge in [0.05, 0.1) is 10.5 Å². The molecular weight excluding hydrogens is 384 g/mol. The summed E-state index contributed by atoms with van der Waals surface area (Å²) in [4.78, 5) is 22.9. The van der Waals surface area contributed by atoms with E-state index < -0.39 is 21.9 Å². The number of carbonyl (C=O) groups excluding carboxylic acids is 1. The molecule has 10 heteroatoms. The molecule has 2 aromatic rings. The quantitative estimate of drug-likeness (QED) is 0.400. The molecule has 0 aromatic heterocycles. The molecule has 0 unspecified atom stereocenters. The van der Waals surface area contributed by atoms with Gasteiger partial charge >= 0.3 is 5.97 Å². The van der Waals surface area contributed by atoms with Crippen LogP contribution in [-0.2, 0) is 21.4 Å². The van der Waals surface area contributed by atoms with Crippen LogP contribution in [0.3, 0.4) is 0 Å². The van der Waals surface area contributed by atoms with Crippen molar-refractivity contribution in [3.05, 3.63) is 71.4 Å². The number of nitriles is 1. The molecule has 0 heterocycles. The van der Waals surface area contributed by atoms with E-state index in [1.54, 1.807) is 18.2 Å². The number of hydrogen-bond donors (Lipinski definition) is 4. The fourth-order valence-corrected chi connectivity index (χ4v) is 2.63. The number of carboxylic acid groups (broad SMARTS) is 1. The Morgan fingerprint density at radius 2 is 1.71 bits per heavy atom. The fraction of sp³-hybridized carbons (Fsp3) is 0.0556. The number of nitrogens with one attached hydrogen (secondary N) is 2. The molecular formula is C18H16N4O5S. The van der Waals surface area contributed by atoms with Gasteiger partial charge in [-0.3, -0.25) is 4.79 Å². The molecule has 0 saturated carbocycles. The Kier molecular flexibility index (Phi) is 6.49. The van der Waals surface area contributed by atoms with E-state index in [1.807, 2.05) is 0 Å². The number of benzene rings is 2. The lowest BCUT2D eigenvalue weighted by Gasteiger charge is -2.06. The van der Waals surface area contributed by atoms with Gasteiger partial charge in [0.15, 0.2) is 0 Å². The van der Waals surface area contributed by atoms with Crippen molar-refractivity contribution in [2.45, 2.75) is 11.4 Å². The Bertz CT molecular complexity index is 1050. The minimum atomic E-state index is -3.77. The zero-order chi connectivity index (χ0) is 20.7. The van der Waals surface area contributed by atoms with Crippen LogP contribution in [0.4, 0.5) is 5.69 Å². The summed E-state index contributed by atoms with van der Waals surface area (Å²) in [5.41, 5.74) is 0.938. The van der Waals surface area contributed by atoms with Gasteiger partial charge in [-0.05, 0) is 42.0 Å². The highest BCUT2D eigenvalue weighted by molar-refractivity contribution is 7.89. The Morgan fingerprint density at radius 1 is 1.11 bits per heavy atom. The molecule has 0 fully saturated rings. The predicted molar refractivity (Wildman–Crippen MR) is 100 cm³/mol. The van der Waals surface area contributed by atoms with Crippen LogP contribution in [0, 0.1) is 11.3 Å². The first-order chi connectivity index (χ1) is 13.2. The van der Waals surface area contributed by atoms with Crippen LogP contribution in [0.1, 0.15) is 15.9 Å². The van der Waals surface area contributed by atoms with Crippen molar-refractivity contribution in [1.82, 2.24) is 5.32 Å². The smallest absolute Gasteiger partial charge is 0.335 e. The van der Waals surface area contributed by atoms with Crippen LogP contribution in [0.25, 0.3) is 0 Å². The minimum Gasteiger partial charge on any atom is -0.478 e. The van der Waals surface area contributed by atoms with Gasteiger partial charge in [-0.15, -0.1) is 0 Å². The van der Waals surface area contributed by atoms with Crippen LogP contribution < -0.4 is 15.8 Å². The molecule has 144 valence electrons. The molecule has 28 heavy (non-hydrogen) atoms. The minimum absolute atomic E-state index is 0.0159. The van der Waals surface area contributed by atoms with Gasteiger partial charge in [0.2, 0.25) is 10.0 Å². The number of anilines is 1. The van der Waals surface area contributed by atoms with Crippen molar-refractivity contribution < 1.29 is 23.1 Å². The molecule has 1 amide bonds. The largest absolute Gasteiger partial charge is 0.478 e. The molecule has 0 spiro atoms. The normalized spacial score (nSPS) is 11.4. The van der Waals surface area contributed by atoms with Gasteiger partial charge in [-0.1, -0.05) is 12.1 Å². The summed E-state index contributed by atoms with van der Waals surface area (Å²) in [5, 5.41) is 28.3. The van der Waals surface area contributed by atoms with E-state index in [2.05, 4.69) is 10.6 Å². The van der Waals surface area contributed by atoms with E-state index in [0.717, 1.165) is 0 Å². The van der Waals surface area contributed by atoms with Crippen molar-refractivity contribution in [2.75, 3.05) is 5.32 Å². The standard InChI is InChI=1S/C18H16N4O5S/c19-9-14(17(23)22-15-5-3-13(4-6-15)18(24)25)11-21-10-12-1-7-16(8-2-12)28(20,26)27/h1-8,11,21H,10H2,(H,22,23)(H,24,25)(H2,20,26,27)/b14-11-. The number of sulfonamides is 1. The molecule has 9 nitrogen and oxygen atoms in total. The third kappa shape index (κ3) is 5.66. The van der Waals surface area contributed by atoms with Crippen molar-refractivity contribution >= 4 is 27.6 Å². The van der Waals surface area contributed by atoms with Crippen LogP contribution in [-0.4, -0.2) is 25.4 Å². The van der Waals surface area contributed by atoms with Gasteiger partial charge in [-0.25, -0.2) is 18.4 Å². The number of hydrogen-bond acceptors (Lipinski definition) is 6. The molecule has 0 atom stereocenters. The van der Waals surface area contributed by atoms with E-state index in [1.165, 1.54) is 42.6 Å². The second-order valence-corrected chi connectivity index (χ2v) is 7.14. The summed E-state index contributed by atoms with van der Waals surface area (Å²) < 4.78 is 22.4. The molecule has 0 aliphatic carbocycles. The van der Waals surface area contributed by atoms with E-state index in [-0.39, 0.29) is 22.6 Å². The average molecular weight is 400 g/mol. The number of carbonyl (C=O) groups is 2. The summed E-state index contributed by atoms with van der Waals surface area (Å²) in [6.07, 6.45) is 1.23. The second kappa shape index (κ2) is 8.81. The average Bonchev–Trinajstić information content (AvgIpc) is 2.65. The lowest BCUT2D eigenvalue weighted by atomic mass is 10.2. The first kappa shape index (κ1) is 20.6.